The SMILES string of the molecule is CSCC(C)C(=O)NC1CNCCC1c1ccc(F)c(F)c1. The number of rotatable bonds is 5. The molecule has 3 nitrogen and oxygen atoms in total. The second-order valence-electron chi connectivity index (χ2n) is 5.74. The molecule has 0 saturated carbocycles. The first kappa shape index (κ1) is 17.2. The molecule has 1 aromatic rings. The van der Waals surface area contributed by atoms with Crippen LogP contribution in [0.1, 0.15) is 24.8 Å². The Kier molecular flexibility index (Phi) is 6.20. The van der Waals surface area contributed by atoms with E-state index in [0.29, 0.717) is 6.54 Å². The minimum atomic E-state index is -0.841. The van der Waals surface area contributed by atoms with Crippen LogP contribution in [0.3, 0.4) is 0 Å². The summed E-state index contributed by atoms with van der Waals surface area (Å²) in [6.07, 6.45) is 2.75. The van der Waals surface area contributed by atoms with Gasteiger partial charge in [-0.3, -0.25) is 4.79 Å². The normalized spacial score (nSPS) is 23.1. The highest BCUT2D eigenvalue weighted by Crippen LogP contribution is 2.27. The Bertz CT molecular complexity index is 527. The van der Waals surface area contributed by atoms with E-state index >= 15 is 0 Å². The van der Waals surface area contributed by atoms with Crippen LogP contribution in [0.4, 0.5) is 8.78 Å². The third-order valence-corrected chi connectivity index (χ3v) is 4.88. The summed E-state index contributed by atoms with van der Waals surface area (Å²) in [7, 11) is 0. The van der Waals surface area contributed by atoms with Crippen molar-refractivity contribution in [1.29, 1.82) is 0 Å². The zero-order valence-corrected chi connectivity index (χ0v) is 13.7. The van der Waals surface area contributed by atoms with Crippen molar-refractivity contribution in [3.63, 3.8) is 0 Å². The van der Waals surface area contributed by atoms with Crippen LogP contribution in [0.15, 0.2) is 18.2 Å². The van der Waals surface area contributed by atoms with Crippen LogP contribution in [0.25, 0.3) is 0 Å². The monoisotopic (exact) mass is 328 g/mol. The topological polar surface area (TPSA) is 41.1 Å². The maximum Gasteiger partial charge on any atom is 0.223 e. The number of carbonyl (C=O) groups is 1. The number of hydrogen-bond donors (Lipinski definition) is 2. The largest absolute Gasteiger partial charge is 0.351 e. The minimum absolute atomic E-state index is 0.00165. The summed E-state index contributed by atoms with van der Waals surface area (Å²) in [5.74, 6) is -0.967. The summed E-state index contributed by atoms with van der Waals surface area (Å²) in [5, 5.41) is 6.30. The quantitative estimate of drug-likeness (QED) is 0.873. The highest BCUT2D eigenvalue weighted by Gasteiger charge is 2.29. The lowest BCUT2D eigenvalue weighted by Crippen LogP contribution is -2.51. The van der Waals surface area contributed by atoms with Crippen molar-refractivity contribution in [1.82, 2.24) is 10.6 Å². The summed E-state index contributed by atoms with van der Waals surface area (Å²) >= 11 is 1.63. The van der Waals surface area contributed by atoms with Crippen LogP contribution < -0.4 is 10.6 Å². The fourth-order valence-electron chi connectivity index (χ4n) is 2.80. The number of piperidine rings is 1. The Labute approximate surface area is 134 Å². The van der Waals surface area contributed by atoms with Gasteiger partial charge in [0.15, 0.2) is 11.6 Å². The highest BCUT2D eigenvalue weighted by molar-refractivity contribution is 7.98. The van der Waals surface area contributed by atoms with E-state index in [0.717, 1.165) is 30.3 Å². The number of nitrogens with one attached hydrogen (secondary N) is 2. The van der Waals surface area contributed by atoms with Crippen LogP contribution in [0.2, 0.25) is 0 Å². The van der Waals surface area contributed by atoms with Crippen molar-refractivity contribution in [3.05, 3.63) is 35.4 Å². The summed E-state index contributed by atoms with van der Waals surface area (Å²) < 4.78 is 26.6. The zero-order valence-electron chi connectivity index (χ0n) is 12.9. The second-order valence-corrected chi connectivity index (χ2v) is 6.65. The van der Waals surface area contributed by atoms with Gasteiger partial charge in [-0.1, -0.05) is 13.0 Å². The number of amides is 1. The Morgan fingerprint density at radius 3 is 2.91 bits per heavy atom. The van der Waals surface area contributed by atoms with E-state index in [-0.39, 0.29) is 23.8 Å². The van der Waals surface area contributed by atoms with E-state index in [4.69, 9.17) is 0 Å². The van der Waals surface area contributed by atoms with Crippen molar-refractivity contribution in [2.75, 3.05) is 25.1 Å². The van der Waals surface area contributed by atoms with E-state index in [1.807, 2.05) is 13.2 Å². The van der Waals surface area contributed by atoms with Gasteiger partial charge in [0.05, 0.1) is 0 Å². The standard InChI is InChI=1S/C16H22F2N2OS/c1-10(9-22-2)16(21)20-15-8-19-6-5-12(15)11-3-4-13(17)14(18)7-11/h3-4,7,10,12,15,19H,5-6,8-9H2,1-2H3,(H,20,21). The average molecular weight is 328 g/mol. The number of thioether (sulfide) groups is 1. The van der Waals surface area contributed by atoms with E-state index in [9.17, 15) is 13.6 Å². The molecule has 0 bridgehead atoms. The van der Waals surface area contributed by atoms with Crippen molar-refractivity contribution in [2.45, 2.75) is 25.3 Å². The molecule has 1 amide bonds. The first-order valence-corrected chi connectivity index (χ1v) is 8.87. The van der Waals surface area contributed by atoms with Crippen LogP contribution in [-0.4, -0.2) is 37.0 Å². The van der Waals surface area contributed by atoms with Crippen molar-refractivity contribution in [2.24, 2.45) is 5.92 Å². The molecule has 2 rings (SSSR count). The molecule has 0 radical (unpaired) electrons. The summed E-state index contributed by atoms with van der Waals surface area (Å²) in [6.45, 7) is 3.34. The summed E-state index contributed by atoms with van der Waals surface area (Å²) in [5.41, 5.74) is 0.739. The van der Waals surface area contributed by atoms with Gasteiger partial charge >= 0.3 is 0 Å². The molecule has 122 valence electrons. The van der Waals surface area contributed by atoms with E-state index in [2.05, 4.69) is 10.6 Å². The molecule has 3 unspecified atom stereocenters. The number of halogens is 2. The molecule has 1 aliphatic rings. The Hall–Kier alpha value is -1.14. The van der Waals surface area contributed by atoms with Crippen LogP contribution in [-0.2, 0) is 4.79 Å². The number of hydrogen-bond acceptors (Lipinski definition) is 3. The summed E-state index contributed by atoms with van der Waals surface area (Å²) in [4.78, 5) is 12.2. The van der Waals surface area contributed by atoms with Crippen molar-refractivity contribution in [3.8, 4) is 0 Å². The third-order valence-electron chi connectivity index (χ3n) is 4.05. The van der Waals surface area contributed by atoms with Gasteiger partial charge in [0.2, 0.25) is 5.91 Å². The molecule has 6 heteroatoms. The fourth-order valence-corrected chi connectivity index (χ4v) is 3.45. The predicted octanol–water partition coefficient (Wildman–Crippen LogP) is 2.53. The zero-order chi connectivity index (χ0) is 16.1. The molecule has 1 fully saturated rings. The molecule has 1 aliphatic heterocycles. The molecule has 0 aromatic heterocycles. The maximum atomic E-state index is 13.5. The lowest BCUT2D eigenvalue weighted by Gasteiger charge is -2.34. The lowest BCUT2D eigenvalue weighted by molar-refractivity contribution is -0.124. The second kappa shape index (κ2) is 7.92. The Balaban J connectivity index is 2.10. The molecule has 3 atom stereocenters. The van der Waals surface area contributed by atoms with Crippen molar-refractivity contribution < 1.29 is 13.6 Å². The Morgan fingerprint density at radius 1 is 1.45 bits per heavy atom. The van der Waals surface area contributed by atoms with Gasteiger partial charge < -0.3 is 10.6 Å². The van der Waals surface area contributed by atoms with Gasteiger partial charge in [-0.2, -0.15) is 11.8 Å². The fraction of sp³-hybridized carbons (Fsp3) is 0.562. The molecular weight excluding hydrogens is 306 g/mol. The highest BCUT2D eigenvalue weighted by atomic mass is 32.2. The van der Waals surface area contributed by atoms with E-state index in [1.165, 1.54) is 6.07 Å². The van der Waals surface area contributed by atoms with Crippen LogP contribution in [0, 0.1) is 17.6 Å². The molecule has 2 N–H and O–H groups in total. The number of carbonyl (C=O) groups excluding carboxylic acids is 1. The Morgan fingerprint density at radius 2 is 2.23 bits per heavy atom. The van der Waals surface area contributed by atoms with E-state index < -0.39 is 11.6 Å². The summed E-state index contributed by atoms with van der Waals surface area (Å²) in [6, 6.07) is 3.91. The first-order chi connectivity index (χ1) is 10.5. The van der Waals surface area contributed by atoms with Crippen molar-refractivity contribution >= 4 is 17.7 Å². The third kappa shape index (κ3) is 4.20. The molecule has 1 heterocycles. The molecular formula is C16H22F2N2OS. The molecule has 1 saturated heterocycles. The molecule has 0 aliphatic carbocycles. The van der Waals surface area contributed by atoms with Gasteiger partial charge in [0, 0.05) is 30.2 Å². The van der Waals surface area contributed by atoms with Gasteiger partial charge in [-0.05, 0) is 36.9 Å². The molecule has 1 aromatic carbocycles. The number of benzene rings is 1. The van der Waals surface area contributed by atoms with Crippen LogP contribution >= 0.6 is 11.8 Å². The van der Waals surface area contributed by atoms with Crippen LogP contribution in [0.5, 0.6) is 0 Å². The van der Waals surface area contributed by atoms with Gasteiger partial charge in [0.25, 0.3) is 0 Å². The maximum absolute atomic E-state index is 13.5. The predicted molar refractivity (Wildman–Crippen MR) is 86.1 cm³/mol. The smallest absolute Gasteiger partial charge is 0.223 e. The first-order valence-electron chi connectivity index (χ1n) is 7.48. The molecule has 22 heavy (non-hydrogen) atoms. The lowest BCUT2D eigenvalue weighted by atomic mass is 9.85. The van der Waals surface area contributed by atoms with E-state index in [1.54, 1.807) is 17.8 Å². The minimum Gasteiger partial charge on any atom is -0.351 e. The van der Waals surface area contributed by atoms with Gasteiger partial charge in [-0.25, -0.2) is 8.78 Å². The van der Waals surface area contributed by atoms with Gasteiger partial charge in [-0.15, -0.1) is 0 Å². The molecule has 0 spiro atoms. The van der Waals surface area contributed by atoms with Gasteiger partial charge in [0.1, 0.15) is 0 Å². The average Bonchev–Trinajstić information content (AvgIpc) is 2.51.